The van der Waals surface area contributed by atoms with Crippen LogP contribution in [0.15, 0.2) is 101 Å². The Morgan fingerprint density at radius 3 is 2.37 bits per heavy atom. The number of rotatable bonds is 9. The molecule has 11 heteroatoms. The van der Waals surface area contributed by atoms with Crippen molar-refractivity contribution in [1.29, 1.82) is 0 Å². The number of carbonyl (C=O) groups excluding carboxylic acids is 3. The highest BCUT2D eigenvalue weighted by Gasteiger charge is 2.35. The lowest BCUT2D eigenvalue weighted by Crippen LogP contribution is -2.32. The first-order valence-electron chi connectivity index (χ1n) is 12.5. The zero-order valence-electron chi connectivity index (χ0n) is 21.8. The van der Waals surface area contributed by atoms with Crippen molar-refractivity contribution in [2.24, 2.45) is 0 Å². The third-order valence-electron chi connectivity index (χ3n) is 6.07. The summed E-state index contributed by atoms with van der Waals surface area (Å²) in [5.41, 5.74) is 0.778. The molecule has 208 valence electrons. The molecular formula is C30H24N2O7S2. The van der Waals surface area contributed by atoms with Gasteiger partial charge in [0.15, 0.2) is 5.75 Å². The van der Waals surface area contributed by atoms with Gasteiger partial charge in [0.05, 0.1) is 11.4 Å². The summed E-state index contributed by atoms with van der Waals surface area (Å²) in [5.74, 6) is -0.176. The molecule has 41 heavy (non-hydrogen) atoms. The van der Waals surface area contributed by atoms with Crippen LogP contribution in [0.2, 0.25) is 0 Å². The van der Waals surface area contributed by atoms with Crippen molar-refractivity contribution in [2.45, 2.75) is 11.8 Å². The van der Waals surface area contributed by atoms with Crippen molar-refractivity contribution in [3.63, 3.8) is 0 Å². The second-order valence-electron chi connectivity index (χ2n) is 8.94. The SMILES string of the molecule is CC(=O)Nc1ccc(S(=O)(=O)Oc2ccc3ccccc3c2/C=C2\SC(=O)N(CCOc3ccccc3)C2=O)cc1. The highest BCUT2D eigenvalue weighted by Crippen LogP contribution is 2.37. The van der Waals surface area contributed by atoms with Crippen LogP contribution in [0.4, 0.5) is 10.5 Å². The van der Waals surface area contributed by atoms with Gasteiger partial charge in [-0.2, -0.15) is 8.42 Å². The van der Waals surface area contributed by atoms with E-state index >= 15 is 0 Å². The van der Waals surface area contributed by atoms with Gasteiger partial charge in [-0.25, -0.2) is 0 Å². The summed E-state index contributed by atoms with van der Waals surface area (Å²) in [5, 5.41) is 3.56. The maximum absolute atomic E-state index is 13.2. The first-order chi connectivity index (χ1) is 19.7. The van der Waals surface area contributed by atoms with Crippen molar-refractivity contribution in [1.82, 2.24) is 4.90 Å². The number of fused-ring (bicyclic) bond motifs is 1. The van der Waals surface area contributed by atoms with Crippen molar-refractivity contribution in [3.8, 4) is 11.5 Å². The number of hydrogen-bond acceptors (Lipinski definition) is 8. The molecule has 0 bridgehead atoms. The lowest BCUT2D eigenvalue weighted by Gasteiger charge is -2.14. The minimum absolute atomic E-state index is 0.00570. The molecule has 4 aromatic rings. The summed E-state index contributed by atoms with van der Waals surface area (Å²) in [7, 11) is -4.28. The van der Waals surface area contributed by atoms with Gasteiger partial charge >= 0.3 is 10.1 Å². The molecule has 1 aliphatic rings. The first kappa shape index (κ1) is 27.9. The Hall–Kier alpha value is -4.61. The van der Waals surface area contributed by atoms with Crippen LogP contribution >= 0.6 is 11.8 Å². The Morgan fingerprint density at radius 1 is 0.927 bits per heavy atom. The van der Waals surface area contributed by atoms with Gasteiger partial charge in [-0.1, -0.05) is 48.5 Å². The average molecular weight is 589 g/mol. The number of para-hydroxylation sites is 1. The normalized spacial score (nSPS) is 14.5. The molecule has 1 fully saturated rings. The van der Waals surface area contributed by atoms with Crippen LogP contribution in [-0.4, -0.2) is 43.5 Å². The van der Waals surface area contributed by atoms with E-state index in [2.05, 4.69) is 5.32 Å². The Bertz CT molecular complexity index is 1770. The minimum Gasteiger partial charge on any atom is -0.492 e. The number of benzene rings is 4. The molecule has 1 aliphatic heterocycles. The van der Waals surface area contributed by atoms with E-state index in [0.717, 1.165) is 22.0 Å². The molecule has 0 spiro atoms. The monoisotopic (exact) mass is 588 g/mol. The maximum Gasteiger partial charge on any atom is 0.339 e. The average Bonchev–Trinajstić information content (AvgIpc) is 3.22. The Labute approximate surface area is 240 Å². The van der Waals surface area contributed by atoms with Crippen LogP contribution in [0.1, 0.15) is 12.5 Å². The fourth-order valence-corrected chi connectivity index (χ4v) is 5.96. The molecule has 1 heterocycles. The molecule has 1 saturated heterocycles. The first-order valence-corrected chi connectivity index (χ1v) is 14.7. The third-order valence-corrected chi connectivity index (χ3v) is 8.23. The van der Waals surface area contributed by atoms with Crippen molar-refractivity contribution in [2.75, 3.05) is 18.5 Å². The summed E-state index contributed by atoms with van der Waals surface area (Å²) in [4.78, 5) is 38.3. The number of nitrogens with one attached hydrogen (secondary N) is 1. The summed E-state index contributed by atoms with van der Waals surface area (Å²) >= 11 is 0.764. The molecule has 0 radical (unpaired) electrons. The second-order valence-corrected chi connectivity index (χ2v) is 11.5. The molecular weight excluding hydrogens is 564 g/mol. The highest BCUT2D eigenvalue weighted by atomic mass is 32.2. The van der Waals surface area contributed by atoms with Crippen LogP contribution in [0.5, 0.6) is 11.5 Å². The van der Waals surface area contributed by atoms with Crippen LogP contribution < -0.4 is 14.2 Å². The quantitative estimate of drug-likeness (QED) is 0.196. The van der Waals surface area contributed by atoms with Gasteiger partial charge in [0.25, 0.3) is 11.1 Å². The van der Waals surface area contributed by atoms with E-state index in [1.165, 1.54) is 43.3 Å². The molecule has 3 amide bonds. The van der Waals surface area contributed by atoms with Gasteiger partial charge in [-0.05, 0) is 71.1 Å². The number of thioether (sulfide) groups is 1. The number of carbonyl (C=O) groups is 3. The molecule has 0 saturated carbocycles. The summed E-state index contributed by atoms with van der Waals surface area (Å²) < 4.78 is 37.6. The van der Waals surface area contributed by atoms with Gasteiger partial charge in [-0.15, -0.1) is 0 Å². The van der Waals surface area contributed by atoms with E-state index in [0.29, 0.717) is 22.4 Å². The molecule has 5 rings (SSSR count). The molecule has 0 aromatic heterocycles. The van der Waals surface area contributed by atoms with Crippen molar-refractivity contribution < 1.29 is 31.7 Å². The van der Waals surface area contributed by atoms with Gasteiger partial charge in [0, 0.05) is 18.2 Å². The number of imide groups is 1. The smallest absolute Gasteiger partial charge is 0.339 e. The fraction of sp³-hybridized carbons (Fsp3) is 0.100. The van der Waals surface area contributed by atoms with Crippen molar-refractivity contribution >= 4 is 61.5 Å². The summed E-state index contributed by atoms with van der Waals surface area (Å²) in [6.45, 7) is 1.53. The minimum atomic E-state index is -4.28. The van der Waals surface area contributed by atoms with E-state index in [9.17, 15) is 22.8 Å². The lowest BCUT2D eigenvalue weighted by molar-refractivity contribution is -0.123. The molecule has 1 N–H and O–H groups in total. The predicted octanol–water partition coefficient (Wildman–Crippen LogP) is 5.68. The Morgan fingerprint density at radius 2 is 1.63 bits per heavy atom. The topological polar surface area (TPSA) is 119 Å². The number of hydrogen-bond donors (Lipinski definition) is 1. The third kappa shape index (κ3) is 6.42. The van der Waals surface area contributed by atoms with Gasteiger partial charge in [-0.3, -0.25) is 19.3 Å². The zero-order chi connectivity index (χ0) is 29.0. The highest BCUT2D eigenvalue weighted by molar-refractivity contribution is 8.18. The van der Waals surface area contributed by atoms with Crippen molar-refractivity contribution in [3.05, 3.63) is 101 Å². The number of ether oxygens (including phenoxy) is 1. The van der Waals surface area contributed by atoms with Gasteiger partial charge in [0.1, 0.15) is 17.3 Å². The van der Waals surface area contributed by atoms with Crippen LogP contribution in [0, 0.1) is 0 Å². The molecule has 0 unspecified atom stereocenters. The predicted molar refractivity (Wildman–Crippen MR) is 157 cm³/mol. The number of amides is 3. The maximum atomic E-state index is 13.2. The summed E-state index contributed by atoms with van der Waals surface area (Å²) in [6, 6.07) is 25.1. The molecule has 0 aliphatic carbocycles. The van der Waals surface area contributed by atoms with E-state index in [1.807, 2.05) is 30.3 Å². The Balaban J connectivity index is 1.42. The lowest BCUT2D eigenvalue weighted by atomic mass is 10.0. The largest absolute Gasteiger partial charge is 0.492 e. The number of nitrogens with zero attached hydrogens (tertiary/aromatic N) is 1. The van der Waals surface area contributed by atoms with Gasteiger partial charge < -0.3 is 14.2 Å². The summed E-state index contributed by atoms with van der Waals surface area (Å²) in [6.07, 6.45) is 1.48. The van der Waals surface area contributed by atoms with Crippen LogP contribution in [-0.2, 0) is 19.7 Å². The second kappa shape index (κ2) is 11.9. The standard InChI is InChI=1S/C30H24N2O7S2/c1-20(33)31-22-12-14-24(15-13-22)41(36,37)39-27-16-11-21-7-5-6-10-25(21)26(27)19-28-29(34)32(30(35)40-28)17-18-38-23-8-3-2-4-9-23/h2-16,19H,17-18H2,1H3,(H,31,33)/b28-19-. The number of anilines is 1. The molecule has 9 nitrogen and oxygen atoms in total. The van der Waals surface area contributed by atoms with Crippen LogP contribution in [0.25, 0.3) is 16.8 Å². The van der Waals surface area contributed by atoms with E-state index in [-0.39, 0.29) is 34.6 Å². The van der Waals surface area contributed by atoms with Gasteiger partial charge in [0.2, 0.25) is 5.91 Å². The van der Waals surface area contributed by atoms with E-state index in [4.69, 9.17) is 8.92 Å². The van der Waals surface area contributed by atoms with E-state index in [1.54, 1.807) is 30.3 Å². The van der Waals surface area contributed by atoms with Crippen LogP contribution in [0.3, 0.4) is 0 Å². The molecule has 0 atom stereocenters. The molecule has 4 aromatic carbocycles. The Kier molecular flexibility index (Phi) is 8.09. The fourth-order valence-electron chi connectivity index (χ4n) is 4.17. The van der Waals surface area contributed by atoms with E-state index < -0.39 is 21.3 Å². The zero-order valence-corrected chi connectivity index (χ0v) is 23.4.